The fourth-order valence-corrected chi connectivity index (χ4v) is 3.41. The third kappa shape index (κ3) is 3.95. The van der Waals surface area contributed by atoms with Crippen LogP contribution in [0.15, 0.2) is 0 Å². The molecule has 2 rings (SSSR count). The summed E-state index contributed by atoms with van der Waals surface area (Å²) < 4.78 is 0. The van der Waals surface area contributed by atoms with Crippen molar-refractivity contribution in [3.05, 3.63) is 0 Å². The van der Waals surface area contributed by atoms with E-state index < -0.39 is 24.2 Å². The smallest absolute Gasteiger partial charge is 0.218 e. The number of β-amino-alcohol motifs (C(OH)–C–C–N with tert-alkyl or cyclic N) is 1. The molecule has 5 N–H and O–H groups in total. The highest BCUT2D eigenvalue weighted by Gasteiger charge is 2.46. The van der Waals surface area contributed by atoms with Crippen LogP contribution in [0.2, 0.25) is 0 Å². The van der Waals surface area contributed by atoms with E-state index in [0.29, 0.717) is 6.54 Å². The van der Waals surface area contributed by atoms with Crippen LogP contribution in [-0.4, -0.2) is 82.4 Å². The van der Waals surface area contributed by atoms with Crippen molar-refractivity contribution in [3.63, 3.8) is 0 Å². The molecule has 4 atom stereocenters. The van der Waals surface area contributed by atoms with Crippen LogP contribution < -0.4 is 11.1 Å². The number of hydrogen-bond donors (Lipinski definition) is 4. The van der Waals surface area contributed by atoms with Gasteiger partial charge in [0.05, 0.1) is 18.2 Å². The van der Waals surface area contributed by atoms with Gasteiger partial charge in [-0.2, -0.15) is 0 Å². The molecule has 2 heterocycles. The van der Waals surface area contributed by atoms with Crippen molar-refractivity contribution in [1.82, 2.24) is 15.1 Å². The van der Waals surface area contributed by atoms with Gasteiger partial charge in [0.25, 0.3) is 0 Å². The number of primary amides is 1. The summed E-state index contributed by atoms with van der Waals surface area (Å²) >= 11 is 0. The van der Waals surface area contributed by atoms with E-state index in [-0.39, 0.29) is 25.0 Å². The molecular weight excluding hydrogens is 288 g/mol. The Morgan fingerprint density at radius 3 is 2.50 bits per heavy atom. The van der Waals surface area contributed by atoms with Gasteiger partial charge in [0.1, 0.15) is 6.17 Å². The van der Waals surface area contributed by atoms with Crippen LogP contribution >= 0.6 is 0 Å². The average molecular weight is 314 g/mol. The molecule has 0 spiro atoms. The zero-order valence-corrected chi connectivity index (χ0v) is 12.9. The number of aliphatic hydroxyl groups excluding tert-OH is 2. The Hall–Kier alpha value is -1.22. The van der Waals surface area contributed by atoms with E-state index in [2.05, 4.69) is 10.2 Å². The Bertz CT molecular complexity index is 414. The average Bonchev–Trinajstić information content (AvgIpc) is 3.04. The summed E-state index contributed by atoms with van der Waals surface area (Å²) in [5.74, 6) is -0.604. The van der Waals surface area contributed by atoms with Crippen LogP contribution in [0.25, 0.3) is 0 Å². The number of likely N-dealkylation sites (tertiary alicyclic amines) is 2. The molecular formula is C14H26N4O4. The highest BCUT2D eigenvalue weighted by atomic mass is 16.3. The molecule has 8 heteroatoms. The van der Waals surface area contributed by atoms with Crippen molar-refractivity contribution >= 4 is 11.8 Å². The minimum atomic E-state index is -0.967. The van der Waals surface area contributed by atoms with E-state index in [1.165, 1.54) is 6.92 Å². The summed E-state index contributed by atoms with van der Waals surface area (Å²) in [5.41, 5.74) is 5.19. The molecule has 1 unspecified atom stereocenters. The fourth-order valence-electron chi connectivity index (χ4n) is 3.41. The minimum absolute atomic E-state index is 0.155. The van der Waals surface area contributed by atoms with E-state index in [1.54, 1.807) is 0 Å². The molecule has 8 nitrogen and oxygen atoms in total. The lowest BCUT2D eigenvalue weighted by molar-refractivity contribution is -0.123. The van der Waals surface area contributed by atoms with E-state index in [9.17, 15) is 19.8 Å². The molecule has 0 aromatic rings. The van der Waals surface area contributed by atoms with Crippen molar-refractivity contribution < 1.29 is 19.8 Å². The van der Waals surface area contributed by atoms with Crippen LogP contribution in [0.4, 0.5) is 0 Å². The van der Waals surface area contributed by atoms with Crippen LogP contribution in [0.1, 0.15) is 26.2 Å². The van der Waals surface area contributed by atoms with Crippen molar-refractivity contribution in [1.29, 1.82) is 0 Å². The van der Waals surface area contributed by atoms with Gasteiger partial charge in [0.2, 0.25) is 11.8 Å². The van der Waals surface area contributed by atoms with Crippen LogP contribution in [0, 0.1) is 0 Å². The third-order valence-corrected chi connectivity index (χ3v) is 4.44. The van der Waals surface area contributed by atoms with Gasteiger partial charge < -0.3 is 21.3 Å². The second kappa shape index (κ2) is 7.36. The monoisotopic (exact) mass is 314 g/mol. The summed E-state index contributed by atoms with van der Waals surface area (Å²) in [6.07, 6.45) is 0.0101. The summed E-state index contributed by atoms with van der Waals surface area (Å²) in [6.45, 7) is 3.75. The Labute approximate surface area is 130 Å². The molecule has 0 aromatic heterocycles. The minimum Gasteiger partial charge on any atom is -0.389 e. The maximum atomic E-state index is 11.6. The fraction of sp³-hybridized carbons (Fsp3) is 0.857. The summed E-state index contributed by atoms with van der Waals surface area (Å²) in [6, 6.07) is -0.448. The standard InChI is InChI=1S/C14H26N4O4/c1-9(19)16-14(17-5-2-3-6-17)12-13(22)10(20)8-18(12)7-4-11(15)21/h10,12-14,20,22H,2-8H2,1H3,(H2,15,21)(H,16,19)/t10-,12+,13-,14?/m0/s1. The molecule has 2 amide bonds. The van der Waals surface area contributed by atoms with Crippen molar-refractivity contribution in [2.24, 2.45) is 5.73 Å². The van der Waals surface area contributed by atoms with Crippen molar-refractivity contribution in [2.75, 3.05) is 26.2 Å². The number of carbonyl (C=O) groups is 2. The first-order valence-electron chi connectivity index (χ1n) is 7.80. The predicted molar refractivity (Wildman–Crippen MR) is 79.6 cm³/mol. The van der Waals surface area contributed by atoms with Crippen molar-refractivity contribution in [3.8, 4) is 0 Å². The Morgan fingerprint density at radius 1 is 1.32 bits per heavy atom. The number of amides is 2. The van der Waals surface area contributed by atoms with E-state index >= 15 is 0 Å². The number of rotatable bonds is 6. The number of nitrogens with one attached hydrogen (secondary N) is 1. The molecule has 0 aliphatic carbocycles. The largest absolute Gasteiger partial charge is 0.389 e. The quantitative estimate of drug-likeness (QED) is 0.443. The normalized spacial score (nSPS) is 31.3. The van der Waals surface area contributed by atoms with Gasteiger partial charge >= 0.3 is 0 Å². The van der Waals surface area contributed by atoms with Gasteiger partial charge in [0.15, 0.2) is 0 Å². The highest BCUT2D eigenvalue weighted by molar-refractivity contribution is 5.74. The first kappa shape index (κ1) is 17.1. The van der Waals surface area contributed by atoms with Crippen LogP contribution in [0.3, 0.4) is 0 Å². The number of carbonyl (C=O) groups excluding carboxylic acids is 2. The van der Waals surface area contributed by atoms with E-state index in [4.69, 9.17) is 5.73 Å². The van der Waals surface area contributed by atoms with Gasteiger partial charge in [-0.3, -0.25) is 19.4 Å². The Balaban J connectivity index is 2.16. The van der Waals surface area contributed by atoms with Crippen molar-refractivity contribution in [2.45, 2.75) is 50.6 Å². The molecule has 0 aromatic carbocycles. The highest BCUT2D eigenvalue weighted by Crippen LogP contribution is 2.25. The second-order valence-corrected chi connectivity index (χ2v) is 6.15. The van der Waals surface area contributed by atoms with E-state index in [1.807, 2.05) is 4.90 Å². The van der Waals surface area contributed by atoms with Gasteiger partial charge in [0, 0.05) is 39.5 Å². The SMILES string of the molecule is CC(=O)NC([C@H]1[C@@H](O)[C@@H](O)CN1CCC(N)=O)N1CCCC1. The predicted octanol–water partition coefficient (Wildman–Crippen LogP) is -2.17. The first-order chi connectivity index (χ1) is 10.4. The lowest BCUT2D eigenvalue weighted by Crippen LogP contribution is -2.60. The Morgan fingerprint density at radius 2 is 1.95 bits per heavy atom. The maximum absolute atomic E-state index is 11.6. The zero-order chi connectivity index (χ0) is 16.3. The summed E-state index contributed by atoms with van der Waals surface area (Å²) in [7, 11) is 0. The molecule has 22 heavy (non-hydrogen) atoms. The van der Waals surface area contributed by atoms with Crippen LogP contribution in [-0.2, 0) is 9.59 Å². The molecule has 0 saturated carbocycles. The number of aliphatic hydroxyl groups is 2. The zero-order valence-electron chi connectivity index (χ0n) is 12.9. The van der Waals surface area contributed by atoms with Gasteiger partial charge in [-0.15, -0.1) is 0 Å². The van der Waals surface area contributed by atoms with Gasteiger partial charge in [-0.05, 0) is 12.8 Å². The van der Waals surface area contributed by atoms with Gasteiger partial charge in [-0.25, -0.2) is 0 Å². The molecule has 2 saturated heterocycles. The molecule has 2 aliphatic heterocycles. The number of nitrogens with two attached hydrogens (primary N) is 1. The maximum Gasteiger partial charge on any atom is 0.218 e. The lowest BCUT2D eigenvalue weighted by atomic mass is 10.1. The van der Waals surface area contributed by atoms with Crippen LogP contribution in [0.5, 0.6) is 0 Å². The van der Waals surface area contributed by atoms with E-state index in [0.717, 1.165) is 25.9 Å². The second-order valence-electron chi connectivity index (χ2n) is 6.15. The molecule has 0 radical (unpaired) electrons. The Kier molecular flexibility index (Phi) is 5.74. The third-order valence-electron chi connectivity index (χ3n) is 4.44. The first-order valence-corrected chi connectivity index (χ1v) is 7.80. The number of nitrogens with zero attached hydrogens (tertiary/aromatic N) is 2. The summed E-state index contributed by atoms with van der Waals surface area (Å²) in [4.78, 5) is 26.5. The molecule has 2 fully saturated rings. The molecule has 126 valence electrons. The molecule has 0 bridgehead atoms. The summed E-state index contributed by atoms with van der Waals surface area (Å²) in [5, 5.41) is 23.2. The lowest BCUT2D eigenvalue weighted by Gasteiger charge is -2.38. The number of hydrogen-bond acceptors (Lipinski definition) is 6. The molecule has 2 aliphatic rings. The van der Waals surface area contributed by atoms with Gasteiger partial charge in [-0.1, -0.05) is 0 Å². The topological polar surface area (TPSA) is 119 Å².